The molecule has 0 aromatic heterocycles. The van der Waals surface area contributed by atoms with Gasteiger partial charge in [0.2, 0.25) is 0 Å². The van der Waals surface area contributed by atoms with E-state index in [1.165, 1.54) is 19.4 Å². The van der Waals surface area contributed by atoms with Gasteiger partial charge in [-0.1, -0.05) is 19.1 Å². The molecule has 0 aromatic rings. The second kappa shape index (κ2) is 5.40. The number of hydrogen-bond donors (Lipinski definition) is 1. The zero-order chi connectivity index (χ0) is 9.68. The minimum atomic E-state index is 0.611. The predicted octanol–water partition coefficient (Wildman–Crippen LogP) is 1.62. The lowest BCUT2D eigenvalue weighted by Crippen LogP contribution is -2.46. The quantitative estimate of drug-likeness (QED) is 0.672. The maximum atomic E-state index is 5.76. The van der Waals surface area contributed by atoms with Crippen LogP contribution in [-0.4, -0.2) is 30.6 Å². The first-order chi connectivity index (χ1) is 6.27. The number of likely N-dealkylation sites (tertiary alicyclic amines) is 1. The fourth-order valence-corrected chi connectivity index (χ4v) is 2.03. The Morgan fingerprint density at radius 2 is 2.31 bits per heavy atom. The molecular formula is C11H22N2. The molecule has 13 heavy (non-hydrogen) atoms. The number of allylic oxidation sites excluding steroid dienone is 1. The highest BCUT2D eigenvalue weighted by Gasteiger charge is 2.23. The van der Waals surface area contributed by atoms with Gasteiger partial charge in [-0.25, -0.2) is 0 Å². The van der Waals surface area contributed by atoms with Crippen molar-refractivity contribution in [3.05, 3.63) is 12.2 Å². The fourth-order valence-electron chi connectivity index (χ4n) is 2.03. The molecule has 0 amide bonds. The lowest BCUT2D eigenvalue weighted by Gasteiger charge is -2.37. The standard InChI is InChI=1S/C11H22N2/c1-3-4-6-13-7-5-10(2)8-11(13)9-12/h3-4,10-11H,5-9,12H2,1-2H3/b4-3+. The molecule has 0 aromatic carbocycles. The van der Waals surface area contributed by atoms with Crippen LogP contribution in [0, 0.1) is 5.92 Å². The third-order valence-corrected chi connectivity index (χ3v) is 2.95. The average Bonchev–Trinajstić information content (AvgIpc) is 2.16. The van der Waals surface area contributed by atoms with Crippen molar-refractivity contribution in [1.29, 1.82) is 0 Å². The normalized spacial score (nSPS) is 31.3. The van der Waals surface area contributed by atoms with Gasteiger partial charge in [0.1, 0.15) is 0 Å². The molecular weight excluding hydrogens is 160 g/mol. The van der Waals surface area contributed by atoms with E-state index in [0.29, 0.717) is 6.04 Å². The van der Waals surface area contributed by atoms with Gasteiger partial charge in [-0.05, 0) is 32.2 Å². The maximum Gasteiger partial charge on any atom is 0.0224 e. The summed E-state index contributed by atoms with van der Waals surface area (Å²) in [5.41, 5.74) is 5.76. The van der Waals surface area contributed by atoms with Crippen LogP contribution in [-0.2, 0) is 0 Å². The Morgan fingerprint density at radius 1 is 1.54 bits per heavy atom. The molecule has 76 valence electrons. The number of piperidine rings is 1. The molecule has 0 radical (unpaired) electrons. The van der Waals surface area contributed by atoms with Gasteiger partial charge < -0.3 is 5.73 Å². The van der Waals surface area contributed by atoms with Gasteiger partial charge >= 0.3 is 0 Å². The molecule has 2 nitrogen and oxygen atoms in total. The summed E-state index contributed by atoms with van der Waals surface area (Å²) in [4.78, 5) is 2.50. The van der Waals surface area contributed by atoms with Crippen LogP contribution in [0.15, 0.2) is 12.2 Å². The Labute approximate surface area is 81.8 Å². The van der Waals surface area contributed by atoms with Crippen molar-refractivity contribution >= 4 is 0 Å². The summed E-state index contributed by atoms with van der Waals surface area (Å²) in [7, 11) is 0. The van der Waals surface area contributed by atoms with Gasteiger partial charge in [0, 0.05) is 19.1 Å². The number of nitrogens with two attached hydrogens (primary N) is 1. The van der Waals surface area contributed by atoms with Crippen molar-refractivity contribution in [2.24, 2.45) is 11.7 Å². The second-order valence-electron chi connectivity index (χ2n) is 4.08. The topological polar surface area (TPSA) is 29.3 Å². The summed E-state index contributed by atoms with van der Waals surface area (Å²) in [6.07, 6.45) is 6.94. The fraction of sp³-hybridized carbons (Fsp3) is 0.818. The van der Waals surface area contributed by atoms with Crippen LogP contribution in [0.2, 0.25) is 0 Å². The summed E-state index contributed by atoms with van der Waals surface area (Å²) in [6, 6.07) is 0.611. The van der Waals surface area contributed by atoms with Gasteiger partial charge in [-0.15, -0.1) is 0 Å². The van der Waals surface area contributed by atoms with Gasteiger partial charge in [0.15, 0.2) is 0 Å². The summed E-state index contributed by atoms with van der Waals surface area (Å²) in [6.45, 7) is 7.50. The molecule has 1 fully saturated rings. The SMILES string of the molecule is C/C=C/CN1CCC(C)CC1CN. The van der Waals surface area contributed by atoms with E-state index in [2.05, 4.69) is 30.9 Å². The second-order valence-corrected chi connectivity index (χ2v) is 4.08. The van der Waals surface area contributed by atoms with E-state index in [4.69, 9.17) is 5.73 Å². The van der Waals surface area contributed by atoms with Crippen LogP contribution in [0.4, 0.5) is 0 Å². The minimum absolute atomic E-state index is 0.611. The van der Waals surface area contributed by atoms with E-state index in [-0.39, 0.29) is 0 Å². The molecule has 1 rings (SSSR count). The number of nitrogens with zero attached hydrogens (tertiary/aromatic N) is 1. The van der Waals surface area contributed by atoms with Crippen LogP contribution in [0.1, 0.15) is 26.7 Å². The molecule has 2 unspecified atom stereocenters. The smallest absolute Gasteiger partial charge is 0.0224 e. The third kappa shape index (κ3) is 3.12. The van der Waals surface area contributed by atoms with Crippen LogP contribution >= 0.6 is 0 Å². The van der Waals surface area contributed by atoms with E-state index in [9.17, 15) is 0 Å². The number of rotatable bonds is 3. The molecule has 0 aliphatic carbocycles. The molecule has 1 heterocycles. The molecule has 0 spiro atoms. The van der Waals surface area contributed by atoms with E-state index in [1.54, 1.807) is 0 Å². The lowest BCUT2D eigenvalue weighted by molar-refractivity contribution is 0.137. The zero-order valence-electron chi connectivity index (χ0n) is 8.87. The van der Waals surface area contributed by atoms with E-state index in [1.807, 2.05) is 0 Å². The highest BCUT2D eigenvalue weighted by atomic mass is 15.2. The van der Waals surface area contributed by atoms with Crippen LogP contribution < -0.4 is 5.73 Å². The zero-order valence-corrected chi connectivity index (χ0v) is 8.87. The summed E-state index contributed by atoms with van der Waals surface area (Å²) in [5, 5.41) is 0. The molecule has 2 N–H and O–H groups in total. The van der Waals surface area contributed by atoms with Gasteiger partial charge in [-0.3, -0.25) is 4.90 Å². The molecule has 1 saturated heterocycles. The Kier molecular flexibility index (Phi) is 4.46. The Hall–Kier alpha value is -0.340. The first-order valence-corrected chi connectivity index (χ1v) is 5.33. The highest BCUT2D eigenvalue weighted by Crippen LogP contribution is 2.21. The van der Waals surface area contributed by atoms with E-state index >= 15 is 0 Å². The van der Waals surface area contributed by atoms with Crippen molar-refractivity contribution in [1.82, 2.24) is 4.90 Å². The van der Waals surface area contributed by atoms with Crippen LogP contribution in [0.5, 0.6) is 0 Å². The monoisotopic (exact) mass is 182 g/mol. The third-order valence-electron chi connectivity index (χ3n) is 2.95. The first kappa shape index (κ1) is 10.7. The Balaban J connectivity index is 2.42. The van der Waals surface area contributed by atoms with Crippen molar-refractivity contribution in [3.8, 4) is 0 Å². The minimum Gasteiger partial charge on any atom is -0.329 e. The predicted molar refractivity (Wildman–Crippen MR) is 57.6 cm³/mol. The lowest BCUT2D eigenvalue weighted by atomic mass is 9.92. The first-order valence-electron chi connectivity index (χ1n) is 5.33. The maximum absolute atomic E-state index is 5.76. The van der Waals surface area contributed by atoms with Gasteiger partial charge in [-0.2, -0.15) is 0 Å². The van der Waals surface area contributed by atoms with Crippen molar-refractivity contribution in [2.75, 3.05) is 19.6 Å². The van der Waals surface area contributed by atoms with Crippen LogP contribution in [0.25, 0.3) is 0 Å². The summed E-state index contributed by atoms with van der Waals surface area (Å²) < 4.78 is 0. The van der Waals surface area contributed by atoms with Crippen molar-refractivity contribution < 1.29 is 0 Å². The number of hydrogen-bond acceptors (Lipinski definition) is 2. The molecule has 1 aliphatic heterocycles. The Morgan fingerprint density at radius 3 is 2.92 bits per heavy atom. The molecule has 2 heteroatoms. The van der Waals surface area contributed by atoms with Crippen LogP contribution in [0.3, 0.4) is 0 Å². The van der Waals surface area contributed by atoms with Crippen molar-refractivity contribution in [2.45, 2.75) is 32.7 Å². The molecule has 2 atom stereocenters. The molecule has 0 saturated carbocycles. The van der Waals surface area contributed by atoms with Gasteiger partial charge in [0.05, 0.1) is 0 Å². The van der Waals surface area contributed by atoms with E-state index < -0.39 is 0 Å². The summed E-state index contributed by atoms with van der Waals surface area (Å²) >= 11 is 0. The molecule has 1 aliphatic rings. The van der Waals surface area contributed by atoms with E-state index in [0.717, 1.165) is 19.0 Å². The Bertz CT molecular complexity index is 165. The molecule has 0 bridgehead atoms. The highest BCUT2D eigenvalue weighted by molar-refractivity contribution is 4.87. The summed E-state index contributed by atoms with van der Waals surface area (Å²) in [5.74, 6) is 0.857. The largest absolute Gasteiger partial charge is 0.329 e. The average molecular weight is 182 g/mol. The van der Waals surface area contributed by atoms with Crippen molar-refractivity contribution in [3.63, 3.8) is 0 Å². The van der Waals surface area contributed by atoms with Gasteiger partial charge in [0.25, 0.3) is 0 Å².